The van der Waals surface area contributed by atoms with E-state index in [1.54, 1.807) is 30.3 Å². The molecule has 0 bridgehead atoms. The van der Waals surface area contributed by atoms with Crippen LogP contribution in [-0.2, 0) is 10.0 Å². The minimum Gasteiger partial charge on any atom is -0.370 e. The van der Waals surface area contributed by atoms with Crippen molar-refractivity contribution in [3.63, 3.8) is 0 Å². The average molecular weight is 467 g/mol. The Hall–Kier alpha value is -2.89. The highest BCUT2D eigenvalue weighted by Gasteiger charge is 2.28. The largest absolute Gasteiger partial charge is 0.370 e. The van der Waals surface area contributed by atoms with Crippen molar-refractivity contribution in [2.75, 3.05) is 44.2 Å². The zero-order chi connectivity index (χ0) is 23.4. The van der Waals surface area contributed by atoms with E-state index in [2.05, 4.69) is 11.0 Å². The van der Waals surface area contributed by atoms with Crippen molar-refractivity contribution in [2.45, 2.75) is 37.5 Å². The topological polar surface area (TPSA) is 84.7 Å². The lowest BCUT2D eigenvalue weighted by molar-refractivity contribution is 0.0766. The summed E-state index contributed by atoms with van der Waals surface area (Å²) in [6, 6.07) is 14.5. The minimum absolute atomic E-state index is 0.120. The highest BCUT2D eigenvalue weighted by Crippen LogP contribution is 2.24. The molecule has 2 fully saturated rings. The molecule has 2 aromatic carbocycles. The Balaban J connectivity index is 1.50. The summed E-state index contributed by atoms with van der Waals surface area (Å²) in [5, 5.41) is 9.01. The molecule has 2 aromatic rings. The number of hydrogen-bond acceptors (Lipinski definition) is 5. The van der Waals surface area contributed by atoms with Crippen molar-refractivity contribution in [1.29, 1.82) is 5.26 Å². The molecule has 2 aliphatic heterocycles. The van der Waals surface area contributed by atoms with E-state index in [1.807, 2.05) is 24.0 Å². The van der Waals surface area contributed by atoms with Gasteiger partial charge in [-0.05, 0) is 68.1 Å². The van der Waals surface area contributed by atoms with Gasteiger partial charge in [0.25, 0.3) is 5.91 Å². The van der Waals surface area contributed by atoms with Crippen LogP contribution in [0, 0.1) is 18.3 Å². The van der Waals surface area contributed by atoms with Crippen LogP contribution in [0.15, 0.2) is 47.4 Å². The van der Waals surface area contributed by atoms with Gasteiger partial charge in [-0.25, -0.2) is 8.42 Å². The second-order valence-electron chi connectivity index (χ2n) is 8.73. The van der Waals surface area contributed by atoms with E-state index >= 15 is 0 Å². The first-order valence-electron chi connectivity index (χ1n) is 11.6. The highest BCUT2D eigenvalue weighted by atomic mass is 32.2. The molecular formula is C25H30N4O3S. The first-order chi connectivity index (χ1) is 15.9. The Morgan fingerprint density at radius 1 is 0.879 bits per heavy atom. The Labute approximate surface area is 196 Å². The van der Waals surface area contributed by atoms with Crippen LogP contribution >= 0.6 is 0 Å². The van der Waals surface area contributed by atoms with Gasteiger partial charge in [0.15, 0.2) is 0 Å². The fraction of sp³-hybridized carbons (Fsp3) is 0.440. The molecule has 0 spiro atoms. The number of nitriles is 1. The van der Waals surface area contributed by atoms with Crippen molar-refractivity contribution >= 4 is 21.6 Å². The number of anilines is 1. The van der Waals surface area contributed by atoms with Gasteiger partial charge in [-0.2, -0.15) is 9.57 Å². The lowest BCUT2D eigenvalue weighted by Crippen LogP contribution is -2.37. The molecule has 1 amide bonds. The van der Waals surface area contributed by atoms with E-state index in [-0.39, 0.29) is 10.8 Å². The van der Waals surface area contributed by atoms with Gasteiger partial charge >= 0.3 is 0 Å². The normalized spacial score (nSPS) is 17.9. The molecule has 4 rings (SSSR count). The van der Waals surface area contributed by atoms with Crippen LogP contribution in [0.4, 0.5) is 5.69 Å². The van der Waals surface area contributed by atoms with E-state index < -0.39 is 10.0 Å². The predicted molar refractivity (Wildman–Crippen MR) is 128 cm³/mol. The van der Waals surface area contributed by atoms with Gasteiger partial charge in [0.05, 0.1) is 16.5 Å². The summed E-state index contributed by atoms with van der Waals surface area (Å²) in [5.41, 5.74) is 2.90. The second kappa shape index (κ2) is 9.94. The third kappa shape index (κ3) is 5.05. The van der Waals surface area contributed by atoms with Gasteiger partial charge in [-0.3, -0.25) is 4.79 Å². The van der Waals surface area contributed by atoms with E-state index in [1.165, 1.54) is 4.31 Å². The van der Waals surface area contributed by atoms with Gasteiger partial charge in [0.2, 0.25) is 10.0 Å². The maximum absolute atomic E-state index is 13.4. The maximum atomic E-state index is 13.4. The average Bonchev–Trinajstić information content (AvgIpc) is 3.11. The van der Waals surface area contributed by atoms with Gasteiger partial charge < -0.3 is 9.80 Å². The second-order valence-corrected chi connectivity index (χ2v) is 10.7. The van der Waals surface area contributed by atoms with Crippen LogP contribution in [-0.4, -0.2) is 62.8 Å². The van der Waals surface area contributed by atoms with Crippen molar-refractivity contribution in [3.05, 3.63) is 59.2 Å². The van der Waals surface area contributed by atoms with Gasteiger partial charge in [-0.1, -0.05) is 12.5 Å². The summed E-state index contributed by atoms with van der Waals surface area (Å²) < 4.78 is 27.8. The van der Waals surface area contributed by atoms with Gasteiger partial charge in [-0.15, -0.1) is 0 Å². The molecule has 0 radical (unpaired) electrons. The molecule has 0 aromatic heterocycles. The zero-order valence-corrected chi connectivity index (χ0v) is 19.9. The van der Waals surface area contributed by atoms with Crippen LogP contribution in [0.3, 0.4) is 0 Å². The third-order valence-electron chi connectivity index (χ3n) is 6.54. The molecule has 0 atom stereocenters. The third-order valence-corrected chi connectivity index (χ3v) is 8.43. The minimum atomic E-state index is -3.59. The summed E-state index contributed by atoms with van der Waals surface area (Å²) in [7, 11) is -3.59. The number of benzene rings is 2. The van der Waals surface area contributed by atoms with Crippen molar-refractivity contribution < 1.29 is 13.2 Å². The molecule has 2 heterocycles. The fourth-order valence-corrected chi connectivity index (χ4v) is 6.09. The van der Waals surface area contributed by atoms with Crippen molar-refractivity contribution in [3.8, 4) is 6.07 Å². The maximum Gasteiger partial charge on any atom is 0.254 e. The van der Waals surface area contributed by atoms with Crippen molar-refractivity contribution in [2.24, 2.45) is 0 Å². The van der Waals surface area contributed by atoms with Crippen molar-refractivity contribution in [1.82, 2.24) is 9.21 Å². The predicted octanol–water partition coefficient (Wildman–Crippen LogP) is 3.39. The summed E-state index contributed by atoms with van der Waals surface area (Å²) in [4.78, 5) is 17.7. The number of carbonyl (C=O) groups is 1. The van der Waals surface area contributed by atoms with Crippen LogP contribution in [0.1, 0.15) is 47.2 Å². The Bertz CT molecular complexity index is 1150. The molecular weight excluding hydrogens is 436 g/mol. The molecule has 7 nitrogen and oxygen atoms in total. The van der Waals surface area contributed by atoms with Crippen LogP contribution in [0.25, 0.3) is 0 Å². The Morgan fingerprint density at radius 3 is 2.30 bits per heavy atom. The summed E-state index contributed by atoms with van der Waals surface area (Å²) in [6.45, 7) is 5.61. The summed E-state index contributed by atoms with van der Waals surface area (Å²) in [6.07, 6.45) is 3.62. The van der Waals surface area contributed by atoms with E-state index in [9.17, 15) is 13.2 Å². The first kappa shape index (κ1) is 23.3. The number of carbonyl (C=O) groups excluding carboxylic acids is 1. The van der Waals surface area contributed by atoms with E-state index in [0.717, 1.165) is 43.5 Å². The molecule has 8 heteroatoms. The molecule has 33 heavy (non-hydrogen) atoms. The fourth-order valence-electron chi connectivity index (χ4n) is 4.54. The van der Waals surface area contributed by atoms with E-state index in [0.29, 0.717) is 43.9 Å². The zero-order valence-electron chi connectivity index (χ0n) is 19.0. The van der Waals surface area contributed by atoms with Gasteiger partial charge in [0, 0.05) is 50.5 Å². The quantitative estimate of drug-likeness (QED) is 0.690. The lowest BCUT2D eigenvalue weighted by atomic mass is 10.1. The van der Waals surface area contributed by atoms with Crippen LogP contribution in [0.2, 0.25) is 0 Å². The lowest BCUT2D eigenvalue weighted by Gasteiger charge is -2.27. The molecule has 0 unspecified atom stereocenters. The summed E-state index contributed by atoms with van der Waals surface area (Å²) >= 11 is 0. The van der Waals surface area contributed by atoms with Crippen LogP contribution < -0.4 is 4.90 Å². The Kier molecular flexibility index (Phi) is 7.01. The van der Waals surface area contributed by atoms with Gasteiger partial charge in [0.1, 0.15) is 0 Å². The number of nitrogens with zero attached hydrogens (tertiary/aromatic N) is 4. The number of amides is 1. The monoisotopic (exact) mass is 466 g/mol. The standard InChI is InChI=1S/C25H30N4O3S/c1-20-6-11-23(33(31,32)29-14-3-2-4-15-29)18-24(20)25(30)28-13-5-12-27(16-17-28)22-9-7-21(19-26)8-10-22/h6-11,18H,2-5,12-17H2,1H3. The van der Waals surface area contributed by atoms with E-state index in [4.69, 9.17) is 5.26 Å². The molecule has 0 N–H and O–H groups in total. The highest BCUT2D eigenvalue weighted by molar-refractivity contribution is 7.89. The number of hydrogen-bond donors (Lipinski definition) is 0. The number of sulfonamides is 1. The Morgan fingerprint density at radius 2 is 1.61 bits per heavy atom. The summed E-state index contributed by atoms with van der Waals surface area (Å²) in [5.74, 6) is -0.120. The number of aryl methyl sites for hydroxylation is 1. The first-order valence-corrected chi connectivity index (χ1v) is 13.0. The molecule has 0 saturated carbocycles. The molecule has 2 aliphatic rings. The number of piperidine rings is 1. The number of rotatable bonds is 4. The molecule has 174 valence electrons. The SMILES string of the molecule is Cc1ccc(S(=O)(=O)N2CCCCC2)cc1C(=O)N1CCCN(c2ccc(C#N)cc2)CC1. The van der Waals surface area contributed by atoms with Crippen LogP contribution in [0.5, 0.6) is 0 Å². The smallest absolute Gasteiger partial charge is 0.254 e. The molecule has 0 aliphatic carbocycles. The molecule has 2 saturated heterocycles.